The van der Waals surface area contributed by atoms with Gasteiger partial charge in [-0.05, 0) is 52.3 Å². The Balaban J connectivity index is 1.71. The van der Waals surface area contributed by atoms with E-state index >= 15 is 0 Å². The minimum atomic E-state index is -0.349. The number of benzene rings is 2. The predicted octanol–water partition coefficient (Wildman–Crippen LogP) is 4.20. The van der Waals surface area contributed by atoms with Crippen LogP contribution >= 0.6 is 31.9 Å². The van der Waals surface area contributed by atoms with Crippen LogP contribution in [0.5, 0.6) is 0 Å². The van der Waals surface area contributed by atoms with Gasteiger partial charge in [-0.2, -0.15) is 0 Å². The summed E-state index contributed by atoms with van der Waals surface area (Å²) in [5, 5.41) is 2.88. The molecule has 118 valence electrons. The van der Waals surface area contributed by atoms with Crippen molar-refractivity contribution in [3.63, 3.8) is 0 Å². The van der Waals surface area contributed by atoms with Crippen LogP contribution in [0, 0.1) is 5.92 Å². The number of carbonyl (C=O) groups is 2. The molecule has 0 radical (unpaired) electrons. The SMILES string of the molecule is O=C(Nc1ccccc1Br)[C@H]1CC(=O)N(c2ccc(Br)cc2)C1. The third-order valence-corrected chi connectivity index (χ3v) is 4.99. The lowest BCUT2D eigenvalue weighted by molar-refractivity contribution is -0.122. The topological polar surface area (TPSA) is 49.4 Å². The molecule has 0 saturated carbocycles. The van der Waals surface area contributed by atoms with Gasteiger partial charge >= 0.3 is 0 Å². The molecule has 2 amide bonds. The summed E-state index contributed by atoms with van der Waals surface area (Å²) >= 11 is 6.78. The van der Waals surface area contributed by atoms with Gasteiger partial charge in [0.2, 0.25) is 11.8 Å². The number of hydrogen-bond acceptors (Lipinski definition) is 2. The van der Waals surface area contributed by atoms with Crippen LogP contribution in [0.3, 0.4) is 0 Å². The molecule has 1 aliphatic rings. The van der Waals surface area contributed by atoms with Gasteiger partial charge in [0.1, 0.15) is 0 Å². The number of carbonyl (C=O) groups excluding carboxylic acids is 2. The minimum absolute atomic E-state index is 0.0281. The van der Waals surface area contributed by atoms with Crippen molar-refractivity contribution in [2.45, 2.75) is 6.42 Å². The molecule has 3 rings (SSSR count). The van der Waals surface area contributed by atoms with Crippen molar-refractivity contribution >= 4 is 55.0 Å². The summed E-state index contributed by atoms with van der Waals surface area (Å²) in [5.74, 6) is -0.511. The molecule has 0 aromatic heterocycles. The fourth-order valence-electron chi connectivity index (χ4n) is 2.55. The zero-order valence-electron chi connectivity index (χ0n) is 12.1. The number of amides is 2. The number of para-hydroxylation sites is 1. The molecule has 1 aliphatic heterocycles. The van der Waals surface area contributed by atoms with Crippen LogP contribution in [0.25, 0.3) is 0 Å². The molecular weight excluding hydrogens is 424 g/mol. The highest BCUT2D eigenvalue weighted by Crippen LogP contribution is 2.28. The largest absolute Gasteiger partial charge is 0.325 e. The summed E-state index contributed by atoms with van der Waals surface area (Å²) in [6, 6.07) is 14.9. The minimum Gasteiger partial charge on any atom is -0.325 e. The fourth-order valence-corrected chi connectivity index (χ4v) is 3.20. The maximum atomic E-state index is 12.4. The van der Waals surface area contributed by atoms with Crippen LogP contribution in [0.2, 0.25) is 0 Å². The van der Waals surface area contributed by atoms with E-state index in [2.05, 4.69) is 37.2 Å². The molecule has 1 heterocycles. The smallest absolute Gasteiger partial charge is 0.229 e. The highest BCUT2D eigenvalue weighted by atomic mass is 79.9. The molecule has 2 aromatic rings. The van der Waals surface area contributed by atoms with E-state index < -0.39 is 0 Å². The molecule has 1 atom stereocenters. The first-order valence-corrected chi connectivity index (χ1v) is 8.74. The Kier molecular flexibility index (Phi) is 4.82. The van der Waals surface area contributed by atoms with Crippen LogP contribution < -0.4 is 10.2 Å². The molecule has 23 heavy (non-hydrogen) atoms. The summed E-state index contributed by atoms with van der Waals surface area (Å²) in [5.41, 5.74) is 1.53. The first-order valence-electron chi connectivity index (χ1n) is 7.16. The first kappa shape index (κ1) is 16.2. The molecule has 0 unspecified atom stereocenters. The second-order valence-corrected chi connectivity index (χ2v) is 7.12. The normalized spacial score (nSPS) is 17.4. The lowest BCUT2D eigenvalue weighted by Gasteiger charge is -2.17. The second-order valence-electron chi connectivity index (χ2n) is 5.35. The van der Waals surface area contributed by atoms with Gasteiger partial charge in [0.15, 0.2) is 0 Å². The van der Waals surface area contributed by atoms with Gasteiger partial charge in [0.25, 0.3) is 0 Å². The van der Waals surface area contributed by atoms with Gasteiger partial charge in [-0.25, -0.2) is 0 Å². The molecule has 0 bridgehead atoms. The van der Waals surface area contributed by atoms with Crippen molar-refractivity contribution < 1.29 is 9.59 Å². The molecule has 2 aromatic carbocycles. The van der Waals surface area contributed by atoms with Gasteiger partial charge in [-0.3, -0.25) is 9.59 Å². The number of nitrogens with one attached hydrogen (secondary N) is 1. The van der Waals surface area contributed by atoms with Crippen LogP contribution in [0.1, 0.15) is 6.42 Å². The number of rotatable bonds is 3. The van der Waals surface area contributed by atoms with Gasteiger partial charge in [0, 0.05) is 27.6 Å². The van der Waals surface area contributed by atoms with Gasteiger partial charge < -0.3 is 10.2 Å². The van der Waals surface area contributed by atoms with Crippen molar-refractivity contribution in [1.82, 2.24) is 0 Å². The van der Waals surface area contributed by atoms with Gasteiger partial charge in [-0.1, -0.05) is 28.1 Å². The zero-order chi connectivity index (χ0) is 16.4. The maximum Gasteiger partial charge on any atom is 0.229 e. The highest BCUT2D eigenvalue weighted by Gasteiger charge is 2.35. The first-order chi connectivity index (χ1) is 11.0. The summed E-state index contributed by atoms with van der Waals surface area (Å²) in [6.07, 6.45) is 0.229. The molecule has 1 saturated heterocycles. The van der Waals surface area contributed by atoms with Crippen LogP contribution in [0.4, 0.5) is 11.4 Å². The van der Waals surface area contributed by atoms with E-state index in [1.54, 1.807) is 4.90 Å². The predicted molar refractivity (Wildman–Crippen MR) is 97.4 cm³/mol. The Morgan fingerprint density at radius 3 is 2.48 bits per heavy atom. The zero-order valence-corrected chi connectivity index (χ0v) is 15.3. The summed E-state index contributed by atoms with van der Waals surface area (Å²) < 4.78 is 1.78. The Morgan fingerprint density at radius 1 is 1.09 bits per heavy atom. The van der Waals surface area contributed by atoms with Crippen molar-refractivity contribution in [3.05, 3.63) is 57.5 Å². The third-order valence-electron chi connectivity index (χ3n) is 3.77. The fraction of sp³-hybridized carbons (Fsp3) is 0.176. The molecule has 0 aliphatic carbocycles. The number of anilines is 2. The van der Waals surface area contributed by atoms with Crippen LogP contribution in [0.15, 0.2) is 57.5 Å². The Hall–Kier alpha value is -1.66. The van der Waals surface area contributed by atoms with Crippen molar-refractivity contribution in [1.29, 1.82) is 0 Å². The lowest BCUT2D eigenvalue weighted by Crippen LogP contribution is -2.28. The van der Waals surface area contributed by atoms with E-state index in [1.807, 2.05) is 48.5 Å². The maximum absolute atomic E-state index is 12.4. The molecule has 6 heteroatoms. The summed E-state index contributed by atoms with van der Waals surface area (Å²) in [7, 11) is 0. The van der Waals surface area contributed by atoms with Crippen LogP contribution in [-0.2, 0) is 9.59 Å². The van der Waals surface area contributed by atoms with Crippen molar-refractivity contribution in [2.24, 2.45) is 5.92 Å². The van der Waals surface area contributed by atoms with Crippen molar-refractivity contribution in [2.75, 3.05) is 16.8 Å². The van der Waals surface area contributed by atoms with Gasteiger partial charge in [0.05, 0.1) is 11.6 Å². The van der Waals surface area contributed by atoms with E-state index in [0.717, 1.165) is 14.6 Å². The van der Waals surface area contributed by atoms with E-state index in [4.69, 9.17) is 0 Å². The third kappa shape index (κ3) is 3.64. The Bertz CT molecular complexity index is 747. The Labute approximate surface area is 151 Å². The van der Waals surface area contributed by atoms with Crippen molar-refractivity contribution in [3.8, 4) is 0 Å². The number of hydrogen-bond donors (Lipinski definition) is 1. The number of halogens is 2. The molecule has 4 nitrogen and oxygen atoms in total. The second kappa shape index (κ2) is 6.84. The highest BCUT2D eigenvalue weighted by molar-refractivity contribution is 9.10. The Morgan fingerprint density at radius 2 is 1.78 bits per heavy atom. The lowest BCUT2D eigenvalue weighted by atomic mass is 10.1. The van der Waals surface area contributed by atoms with E-state index in [9.17, 15) is 9.59 Å². The average Bonchev–Trinajstić information content (AvgIpc) is 2.92. The van der Waals surface area contributed by atoms with E-state index in [-0.39, 0.29) is 24.2 Å². The summed E-state index contributed by atoms with van der Waals surface area (Å²) in [6.45, 7) is 0.400. The molecule has 0 spiro atoms. The molecule has 1 fully saturated rings. The van der Waals surface area contributed by atoms with Gasteiger partial charge in [-0.15, -0.1) is 0 Å². The standard InChI is InChI=1S/C17H14Br2N2O2/c18-12-5-7-13(8-6-12)21-10-11(9-16(21)22)17(23)20-15-4-2-1-3-14(15)19/h1-8,11H,9-10H2,(H,20,23)/t11-/m0/s1. The molecular formula is C17H14Br2N2O2. The van der Waals surface area contributed by atoms with E-state index in [0.29, 0.717) is 12.2 Å². The molecule has 1 N–H and O–H groups in total. The summed E-state index contributed by atoms with van der Waals surface area (Å²) in [4.78, 5) is 26.3. The number of nitrogens with zero attached hydrogens (tertiary/aromatic N) is 1. The van der Waals surface area contributed by atoms with E-state index in [1.165, 1.54) is 0 Å². The monoisotopic (exact) mass is 436 g/mol. The van der Waals surface area contributed by atoms with Crippen LogP contribution in [-0.4, -0.2) is 18.4 Å². The average molecular weight is 438 g/mol. The quantitative estimate of drug-likeness (QED) is 0.782.